The normalized spacial score (nSPS) is 17.1. The second-order valence-corrected chi connectivity index (χ2v) is 6.25. The predicted octanol–water partition coefficient (Wildman–Crippen LogP) is 1.99. The Morgan fingerprint density at radius 2 is 2.30 bits per heavy atom. The van der Waals surface area contributed by atoms with Crippen molar-refractivity contribution in [2.24, 2.45) is 4.99 Å². The number of hydrogen-bond donors (Lipinski definition) is 2. The standard InChI is InChI=1S/C13H22N4OS.HI/c1-10-16-11(8-19-10)7-17(3)12(14-2)15-9-13(18)5-4-6-13;/h8,18H,4-7,9H2,1-3H3,(H,14,15);1H. The zero-order chi connectivity index (χ0) is 13.9. The minimum atomic E-state index is -0.534. The second-order valence-electron chi connectivity index (χ2n) is 5.19. The van der Waals surface area contributed by atoms with Crippen molar-refractivity contribution in [2.75, 3.05) is 20.6 Å². The Balaban J connectivity index is 0.00000200. The molecule has 1 fully saturated rings. The zero-order valence-corrected chi connectivity index (χ0v) is 15.4. The van der Waals surface area contributed by atoms with Crippen molar-refractivity contribution in [3.8, 4) is 0 Å². The van der Waals surface area contributed by atoms with Crippen molar-refractivity contribution in [1.82, 2.24) is 15.2 Å². The van der Waals surface area contributed by atoms with Gasteiger partial charge < -0.3 is 15.3 Å². The van der Waals surface area contributed by atoms with Gasteiger partial charge in [-0.1, -0.05) is 0 Å². The van der Waals surface area contributed by atoms with Crippen molar-refractivity contribution in [1.29, 1.82) is 0 Å². The molecule has 0 spiro atoms. The molecule has 5 nitrogen and oxygen atoms in total. The molecule has 0 radical (unpaired) electrons. The van der Waals surface area contributed by atoms with E-state index in [1.165, 1.54) is 0 Å². The minimum Gasteiger partial charge on any atom is -0.388 e. The molecule has 1 aromatic heterocycles. The van der Waals surface area contributed by atoms with E-state index in [9.17, 15) is 5.11 Å². The van der Waals surface area contributed by atoms with Gasteiger partial charge in [0.05, 0.1) is 22.8 Å². The fourth-order valence-electron chi connectivity index (χ4n) is 2.19. The van der Waals surface area contributed by atoms with Crippen molar-refractivity contribution >= 4 is 41.3 Å². The molecule has 1 aliphatic carbocycles. The monoisotopic (exact) mass is 410 g/mol. The van der Waals surface area contributed by atoms with Crippen LogP contribution in [0.1, 0.15) is 30.0 Å². The quantitative estimate of drug-likeness (QED) is 0.453. The molecule has 0 atom stereocenters. The highest BCUT2D eigenvalue weighted by atomic mass is 127. The third-order valence-corrected chi connectivity index (χ3v) is 4.32. The first-order valence-corrected chi connectivity index (χ1v) is 7.45. The van der Waals surface area contributed by atoms with E-state index in [0.29, 0.717) is 6.54 Å². The lowest BCUT2D eigenvalue weighted by Gasteiger charge is -2.37. The average Bonchev–Trinajstić information content (AvgIpc) is 2.73. The van der Waals surface area contributed by atoms with Crippen molar-refractivity contribution in [3.63, 3.8) is 0 Å². The van der Waals surface area contributed by atoms with E-state index in [1.54, 1.807) is 18.4 Å². The second kappa shape index (κ2) is 7.56. The maximum atomic E-state index is 10.1. The van der Waals surface area contributed by atoms with Crippen LogP contribution in [0.5, 0.6) is 0 Å². The first-order valence-electron chi connectivity index (χ1n) is 6.57. The summed E-state index contributed by atoms with van der Waals surface area (Å²) in [6.45, 7) is 3.30. The number of nitrogens with one attached hydrogen (secondary N) is 1. The molecule has 1 aliphatic rings. The van der Waals surface area contributed by atoms with Crippen LogP contribution in [0, 0.1) is 6.92 Å². The number of guanidine groups is 1. The van der Waals surface area contributed by atoms with Crippen LogP contribution in [0.15, 0.2) is 10.4 Å². The van der Waals surface area contributed by atoms with E-state index in [-0.39, 0.29) is 24.0 Å². The molecular weight excluding hydrogens is 387 g/mol. The van der Waals surface area contributed by atoms with Crippen LogP contribution in [0.4, 0.5) is 0 Å². The summed E-state index contributed by atoms with van der Waals surface area (Å²) in [6.07, 6.45) is 2.88. The Morgan fingerprint density at radius 1 is 1.60 bits per heavy atom. The Morgan fingerprint density at radius 3 is 2.75 bits per heavy atom. The zero-order valence-electron chi connectivity index (χ0n) is 12.2. The van der Waals surface area contributed by atoms with Crippen LogP contribution in [0.25, 0.3) is 0 Å². The predicted molar refractivity (Wildman–Crippen MR) is 93.9 cm³/mol. The third-order valence-electron chi connectivity index (χ3n) is 3.50. The van der Waals surface area contributed by atoms with Gasteiger partial charge in [0.15, 0.2) is 5.96 Å². The molecule has 1 aromatic rings. The van der Waals surface area contributed by atoms with Gasteiger partial charge in [-0.2, -0.15) is 0 Å². The van der Waals surface area contributed by atoms with Crippen molar-refractivity contribution in [2.45, 2.75) is 38.3 Å². The number of aromatic nitrogens is 1. The van der Waals surface area contributed by atoms with Gasteiger partial charge in [0, 0.05) is 26.0 Å². The lowest BCUT2D eigenvalue weighted by molar-refractivity contribution is -0.0282. The maximum absolute atomic E-state index is 10.1. The molecule has 114 valence electrons. The summed E-state index contributed by atoms with van der Waals surface area (Å²) in [6, 6.07) is 0. The Bertz CT molecular complexity index is 459. The van der Waals surface area contributed by atoms with Gasteiger partial charge >= 0.3 is 0 Å². The lowest BCUT2D eigenvalue weighted by atomic mass is 9.80. The van der Waals surface area contributed by atoms with Gasteiger partial charge in [0.2, 0.25) is 0 Å². The van der Waals surface area contributed by atoms with Crippen LogP contribution in [-0.4, -0.2) is 47.2 Å². The van der Waals surface area contributed by atoms with Crippen LogP contribution in [-0.2, 0) is 6.54 Å². The summed E-state index contributed by atoms with van der Waals surface area (Å²) < 4.78 is 0. The smallest absolute Gasteiger partial charge is 0.193 e. The van der Waals surface area contributed by atoms with Crippen LogP contribution < -0.4 is 5.32 Å². The van der Waals surface area contributed by atoms with E-state index >= 15 is 0 Å². The number of thiazole rings is 1. The van der Waals surface area contributed by atoms with Gasteiger partial charge in [0.25, 0.3) is 0 Å². The molecule has 20 heavy (non-hydrogen) atoms. The number of nitrogens with zero attached hydrogens (tertiary/aromatic N) is 3. The van der Waals surface area contributed by atoms with Crippen molar-refractivity contribution < 1.29 is 5.11 Å². The van der Waals surface area contributed by atoms with Crippen molar-refractivity contribution in [3.05, 3.63) is 16.1 Å². The Kier molecular flexibility index (Phi) is 6.67. The molecule has 0 bridgehead atoms. The molecule has 0 amide bonds. The molecule has 1 heterocycles. The fourth-order valence-corrected chi connectivity index (χ4v) is 2.79. The lowest BCUT2D eigenvalue weighted by Crippen LogP contribution is -2.50. The van der Waals surface area contributed by atoms with Crippen LogP contribution in [0.2, 0.25) is 0 Å². The first kappa shape index (κ1) is 17.6. The topological polar surface area (TPSA) is 60.8 Å². The summed E-state index contributed by atoms with van der Waals surface area (Å²) in [7, 11) is 3.74. The Hall–Kier alpha value is -0.410. The molecule has 0 aromatic carbocycles. The number of aliphatic imine (C=N–C) groups is 1. The molecule has 7 heteroatoms. The molecule has 2 rings (SSSR count). The molecule has 1 saturated carbocycles. The van der Waals surface area contributed by atoms with Gasteiger partial charge in [0.1, 0.15) is 0 Å². The summed E-state index contributed by atoms with van der Waals surface area (Å²) in [5.74, 6) is 0.797. The van der Waals surface area contributed by atoms with Crippen LogP contribution >= 0.6 is 35.3 Å². The number of rotatable bonds is 4. The molecule has 0 unspecified atom stereocenters. The number of aliphatic hydroxyl groups is 1. The number of hydrogen-bond acceptors (Lipinski definition) is 4. The SMILES string of the molecule is CN=C(NCC1(O)CCC1)N(C)Cc1csc(C)n1.I. The van der Waals surface area contributed by atoms with E-state index in [0.717, 1.165) is 42.5 Å². The van der Waals surface area contributed by atoms with E-state index < -0.39 is 5.60 Å². The summed E-state index contributed by atoms with van der Waals surface area (Å²) in [4.78, 5) is 10.7. The third kappa shape index (κ3) is 4.56. The van der Waals surface area contributed by atoms with E-state index in [1.807, 2.05) is 18.9 Å². The Labute approximate surface area is 141 Å². The average molecular weight is 410 g/mol. The van der Waals surface area contributed by atoms with E-state index in [4.69, 9.17) is 0 Å². The van der Waals surface area contributed by atoms with E-state index in [2.05, 4.69) is 20.7 Å². The van der Waals surface area contributed by atoms with Gasteiger partial charge in [-0.05, 0) is 26.2 Å². The van der Waals surface area contributed by atoms with Crippen LogP contribution in [0.3, 0.4) is 0 Å². The minimum absolute atomic E-state index is 0. The molecular formula is C13H23IN4OS. The number of halogens is 1. The van der Waals surface area contributed by atoms with Gasteiger partial charge in [-0.15, -0.1) is 35.3 Å². The highest BCUT2D eigenvalue weighted by molar-refractivity contribution is 14.0. The molecule has 2 N–H and O–H groups in total. The highest BCUT2D eigenvalue weighted by Gasteiger charge is 2.34. The fraction of sp³-hybridized carbons (Fsp3) is 0.692. The maximum Gasteiger partial charge on any atom is 0.193 e. The van der Waals surface area contributed by atoms with Gasteiger partial charge in [-0.3, -0.25) is 4.99 Å². The molecule has 0 saturated heterocycles. The number of aryl methyl sites for hydroxylation is 1. The summed E-state index contributed by atoms with van der Waals surface area (Å²) >= 11 is 1.66. The highest BCUT2D eigenvalue weighted by Crippen LogP contribution is 2.30. The first-order chi connectivity index (χ1) is 9.02. The summed E-state index contributed by atoms with van der Waals surface area (Å²) in [5, 5.41) is 16.5. The largest absolute Gasteiger partial charge is 0.388 e. The van der Waals surface area contributed by atoms with Gasteiger partial charge in [-0.25, -0.2) is 4.98 Å². The molecule has 0 aliphatic heterocycles. The summed E-state index contributed by atoms with van der Waals surface area (Å²) in [5.41, 5.74) is 0.517.